The molecule has 0 aromatic heterocycles. The summed E-state index contributed by atoms with van der Waals surface area (Å²) in [5.74, 6) is -2.97. The molecule has 0 rings (SSSR count). The number of amides is 10. The molecule has 0 radical (unpaired) electrons. The third-order valence-corrected chi connectivity index (χ3v) is 17.5. The molecule has 0 aromatic rings. The van der Waals surface area contributed by atoms with Gasteiger partial charge < -0.3 is 139 Å². The van der Waals surface area contributed by atoms with E-state index in [0.717, 1.165) is 25.7 Å². The van der Waals surface area contributed by atoms with Gasteiger partial charge in [-0.1, -0.05) is 61.8 Å². The fraction of sp³-hybridized carbons (Fsp3) is 0.847. The fourth-order valence-corrected chi connectivity index (χ4v) is 11.9. The summed E-state index contributed by atoms with van der Waals surface area (Å²) in [5, 5.41) is 81.0. The molecule has 37 nitrogen and oxygen atoms in total. The summed E-state index contributed by atoms with van der Waals surface area (Å²) in [4.78, 5) is 138. The first-order valence-corrected chi connectivity index (χ1v) is 39.5. The van der Waals surface area contributed by atoms with E-state index in [1.807, 2.05) is 27.7 Å². The lowest BCUT2D eigenvalue weighted by Gasteiger charge is -2.26. The summed E-state index contributed by atoms with van der Waals surface area (Å²) < 4.78 is 0. The van der Waals surface area contributed by atoms with Gasteiger partial charge in [-0.25, -0.2) is 0 Å². The molecule has 634 valence electrons. The molecule has 0 saturated carbocycles. The van der Waals surface area contributed by atoms with E-state index in [-0.39, 0.29) is 218 Å². The average molecular weight is 1560 g/mol. The number of aliphatic hydroxyl groups excluding tert-OH is 1. The smallest absolute Gasteiger partial charge is 0.303 e. The van der Waals surface area contributed by atoms with Gasteiger partial charge in [-0.15, -0.1) is 0 Å². The van der Waals surface area contributed by atoms with Crippen molar-refractivity contribution < 1.29 is 63.0 Å². The van der Waals surface area contributed by atoms with E-state index in [9.17, 15) is 57.8 Å². The summed E-state index contributed by atoms with van der Waals surface area (Å²) in [6, 6.07) is -3.10. The predicted octanol–water partition coefficient (Wildman–Crippen LogP) is -6.67. The van der Waals surface area contributed by atoms with Crippen molar-refractivity contribution in [2.45, 2.75) is 220 Å². The van der Waals surface area contributed by atoms with Crippen molar-refractivity contribution in [3.05, 3.63) is 0 Å². The van der Waals surface area contributed by atoms with Crippen molar-refractivity contribution in [2.75, 3.05) is 151 Å². The van der Waals surface area contributed by atoms with Crippen LogP contribution in [0.1, 0.15) is 153 Å². The van der Waals surface area contributed by atoms with Crippen LogP contribution in [0.4, 0.5) is 0 Å². The van der Waals surface area contributed by atoms with Crippen LogP contribution >= 0.6 is 0 Å². The maximum Gasteiger partial charge on any atom is 0.303 e. The highest BCUT2D eigenvalue weighted by molar-refractivity contribution is 5.82. The molecule has 10 amide bonds. The Labute approximate surface area is 648 Å². The van der Waals surface area contributed by atoms with Gasteiger partial charge in [0.15, 0.2) is 0 Å². The summed E-state index contributed by atoms with van der Waals surface area (Å²) in [7, 11) is 0. The molecule has 0 aromatic carbocycles. The number of nitrogens with two attached hydrogens (primary N) is 4. The Kier molecular flexibility index (Phi) is 60.3. The van der Waals surface area contributed by atoms with Crippen molar-refractivity contribution in [2.24, 2.45) is 46.6 Å². The molecule has 0 bridgehead atoms. The minimum Gasteiger partial charge on any atom is -0.481 e. The van der Waals surface area contributed by atoms with E-state index in [0.29, 0.717) is 103 Å². The largest absolute Gasteiger partial charge is 0.481 e. The highest BCUT2D eigenvalue weighted by Crippen LogP contribution is 2.10. The molecule has 4 unspecified atom stereocenters. The molecule has 0 heterocycles. The van der Waals surface area contributed by atoms with E-state index in [1.165, 1.54) is 6.92 Å². The number of hydrogen-bond donors (Lipinski definition) is 26. The van der Waals surface area contributed by atoms with E-state index in [1.54, 1.807) is 6.92 Å². The lowest BCUT2D eigenvalue weighted by molar-refractivity contribution is -0.137. The van der Waals surface area contributed by atoms with Crippen LogP contribution in [0, 0.1) is 23.7 Å². The number of rotatable bonds is 71. The Morgan fingerprint density at radius 1 is 0.349 bits per heavy atom. The highest BCUT2D eigenvalue weighted by Gasteiger charge is 2.25. The lowest BCUT2D eigenvalue weighted by Crippen LogP contribution is -2.53. The van der Waals surface area contributed by atoms with E-state index in [2.05, 4.69) is 141 Å². The van der Waals surface area contributed by atoms with Gasteiger partial charge in [-0.3, -0.25) is 52.7 Å². The topological polar surface area (TPSA) is 573 Å². The first-order valence-electron chi connectivity index (χ1n) is 39.5. The number of carbonyl (C=O) groups is 11. The summed E-state index contributed by atoms with van der Waals surface area (Å²) in [5.41, 5.74) is 22.7. The van der Waals surface area contributed by atoms with Gasteiger partial charge in [0.2, 0.25) is 59.1 Å². The number of aliphatic hydroxyl groups is 1. The van der Waals surface area contributed by atoms with Crippen molar-refractivity contribution in [3.63, 3.8) is 0 Å². The van der Waals surface area contributed by atoms with Gasteiger partial charge >= 0.3 is 5.97 Å². The van der Waals surface area contributed by atoms with Gasteiger partial charge in [-0.05, 0) is 121 Å². The Bertz CT molecular complexity index is 2530. The van der Waals surface area contributed by atoms with Crippen LogP contribution < -0.4 is 129 Å². The Hall–Kier alpha value is -6.43. The van der Waals surface area contributed by atoms with Crippen molar-refractivity contribution in [3.8, 4) is 0 Å². The molecule has 0 aliphatic carbocycles. The summed E-state index contributed by atoms with van der Waals surface area (Å²) in [6.07, 6.45) is 5.81. The number of aliphatic carboxylic acids is 1. The molecule has 0 aliphatic rings. The molecule has 0 aliphatic heterocycles. The zero-order chi connectivity index (χ0) is 81.9. The second kappa shape index (κ2) is 64.1. The van der Waals surface area contributed by atoms with Crippen LogP contribution in [0.25, 0.3) is 0 Å². The van der Waals surface area contributed by atoms with E-state index >= 15 is 0 Å². The van der Waals surface area contributed by atoms with Crippen LogP contribution in [-0.4, -0.2) is 292 Å². The number of carboxylic acid groups (broad SMARTS) is 1. The summed E-state index contributed by atoms with van der Waals surface area (Å²) >= 11 is 0. The SMILES string of the molecule is CCC(C)C(CNCC(=O)N[C@H](CNCC(=O)N[C@H](CNCC(N)=O)CC(C)C)CC(C)C)NC(=O)CNC[C@H](CCCN)NCNC[C@H](C)NC(=O)CNCC(NC(=O)CNC[C@H](CC(C)C)NC(=O)CNC[C@H](CCCN)NC(=O)CNC[C@H](CCCN)NC(=O)CNC[C@H](CCC(=O)O)NC(C)=O)C(C)O. The molecule has 37 heteroatoms. The van der Waals surface area contributed by atoms with Gasteiger partial charge in [-0.2, -0.15) is 0 Å². The molecule has 30 N–H and O–H groups in total. The lowest BCUT2D eigenvalue weighted by atomic mass is 9.99. The number of nitrogens with one attached hydrogen (secondary N) is 20. The fourth-order valence-electron chi connectivity index (χ4n) is 11.9. The zero-order valence-electron chi connectivity index (χ0n) is 67.6. The maximum atomic E-state index is 13.3. The van der Waals surface area contributed by atoms with Gasteiger partial charge in [0.25, 0.3) is 0 Å². The average Bonchev–Trinajstić information content (AvgIpc) is 0.926. The zero-order valence-corrected chi connectivity index (χ0v) is 67.6. The third kappa shape index (κ3) is 60.0. The standard InChI is InChI=1S/C72H148N24O13/c1-12-50(8)61(35-84-43-69(105)94-59(25-48(4)5)33-82-42-68(104)92-58(24-47(2)3)32-77-37-63(76)99)95-70(106)44-78-28-54(16-13-21-73)87-46-86-27-51(9)88-64(100)38-85-36-62(52(10)97)96-71(107)45-83-34-60(26-49(6)7)93-67(103)41-80-30-56(18-15-23-75)90-65(101)39-79-29-55(17-14-22-74)91-66(102)40-81-31-57(89-53(11)98)19-20-72(108)109/h47-52,54-62,77-87,97H,12-46,73-75H2,1-11H3,(H2,76,99)(H,88,100)(H,89,98)(H,90,101)(H,91,102)(H,92,104)(H,93,103)(H,94,105)(H,95,106)(H,96,107)(H,108,109)/t50?,51-,52?,54-,55-,56-,57-,58-,59-,60-,61?,62?/m0/s1. The van der Waals surface area contributed by atoms with Crippen LogP contribution in [0.5, 0.6) is 0 Å². The summed E-state index contributed by atoms with van der Waals surface area (Å²) in [6.45, 7) is 25.9. The minimum absolute atomic E-state index is 0.0183. The highest BCUT2D eigenvalue weighted by atomic mass is 16.4. The second-order valence-electron chi connectivity index (χ2n) is 30.0. The predicted molar refractivity (Wildman–Crippen MR) is 425 cm³/mol. The van der Waals surface area contributed by atoms with Gasteiger partial charge in [0.05, 0.1) is 71.0 Å². The Balaban J connectivity index is 5.01. The maximum absolute atomic E-state index is 13.3. The monoisotopic (exact) mass is 1560 g/mol. The van der Waals surface area contributed by atoms with Crippen LogP contribution in [-0.2, 0) is 52.7 Å². The second-order valence-corrected chi connectivity index (χ2v) is 30.0. The molecule has 0 spiro atoms. The van der Waals surface area contributed by atoms with Crippen molar-refractivity contribution in [1.82, 2.24) is 106 Å². The Morgan fingerprint density at radius 3 is 0.991 bits per heavy atom. The molecular weight excluding hydrogens is 1410 g/mol. The number of primary amides is 1. The number of carbonyl (C=O) groups excluding carboxylic acids is 10. The first kappa shape index (κ1) is 103. The molecule has 12 atom stereocenters. The van der Waals surface area contributed by atoms with Crippen LogP contribution in [0.15, 0.2) is 0 Å². The quantitative estimate of drug-likeness (QED) is 0.0199. The third-order valence-electron chi connectivity index (χ3n) is 17.5. The van der Waals surface area contributed by atoms with E-state index < -0.39 is 36.0 Å². The number of hydrogen-bond acceptors (Lipinski definition) is 26. The normalized spacial score (nSPS) is 14.9. The first-order chi connectivity index (χ1) is 51.8. The van der Waals surface area contributed by atoms with Crippen LogP contribution in [0.3, 0.4) is 0 Å². The Morgan fingerprint density at radius 2 is 0.651 bits per heavy atom. The molecule has 109 heavy (non-hydrogen) atoms. The van der Waals surface area contributed by atoms with Crippen molar-refractivity contribution in [1.29, 1.82) is 0 Å². The minimum atomic E-state index is -0.993. The van der Waals surface area contributed by atoms with Gasteiger partial charge in [0, 0.05) is 140 Å². The van der Waals surface area contributed by atoms with Crippen molar-refractivity contribution >= 4 is 65.0 Å². The molecule has 0 saturated heterocycles. The molecular formula is C72H148N24O13. The van der Waals surface area contributed by atoms with Crippen LogP contribution in [0.2, 0.25) is 0 Å². The number of carboxylic acids is 1. The molecule has 0 fully saturated rings. The van der Waals surface area contributed by atoms with Gasteiger partial charge in [0.1, 0.15) is 0 Å². The van der Waals surface area contributed by atoms with E-state index in [4.69, 9.17) is 28.0 Å².